The fourth-order valence-corrected chi connectivity index (χ4v) is 3.82. The molecular formula is C21H23F2IN2O3S. The maximum atomic E-state index is 15.0. The van der Waals surface area contributed by atoms with E-state index in [9.17, 15) is 23.5 Å². The van der Waals surface area contributed by atoms with Gasteiger partial charge in [0.2, 0.25) is 0 Å². The molecule has 0 saturated carbocycles. The maximum Gasteiger partial charge on any atom is 0.338 e. The summed E-state index contributed by atoms with van der Waals surface area (Å²) in [6.45, 7) is 4.46. The molecule has 0 unspecified atom stereocenters. The van der Waals surface area contributed by atoms with Crippen LogP contribution in [0.15, 0.2) is 24.3 Å². The molecule has 0 saturated heterocycles. The lowest BCUT2D eigenvalue weighted by Crippen LogP contribution is -2.34. The van der Waals surface area contributed by atoms with Crippen LogP contribution < -0.4 is 5.32 Å². The summed E-state index contributed by atoms with van der Waals surface area (Å²) in [5.74, 6) is -4.77. The molecule has 0 aliphatic heterocycles. The number of carboxylic acids is 1. The fraction of sp³-hybridized carbons (Fsp3) is 0.333. The van der Waals surface area contributed by atoms with E-state index in [4.69, 9.17) is 0 Å². The van der Waals surface area contributed by atoms with Gasteiger partial charge in [0.1, 0.15) is 0 Å². The average Bonchev–Trinajstić information content (AvgIpc) is 2.69. The number of unbranched alkanes of at least 4 members (excludes halogenated alkanes) is 1. The first-order valence-corrected chi connectivity index (χ1v) is 11.1. The number of benzene rings is 2. The molecule has 0 heterocycles. The highest BCUT2D eigenvalue weighted by molar-refractivity contribution is 14.1. The van der Waals surface area contributed by atoms with Gasteiger partial charge in [-0.2, -0.15) is 12.6 Å². The normalized spacial score (nSPS) is 10.7. The smallest absolute Gasteiger partial charge is 0.338 e. The zero-order chi connectivity index (χ0) is 22.4. The number of carbonyl (C=O) groups is 2. The number of carbonyl (C=O) groups excluding carboxylic acids is 1. The summed E-state index contributed by atoms with van der Waals surface area (Å²) < 4.78 is 30.4. The van der Waals surface area contributed by atoms with Gasteiger partial charge >= 0.3 is 5.97 Å². The van der Waals surface area contributed by atoms with E-state index in [0.29, 0.717) is 31.0 Å². The molecule has 0 aromatic heterocycles. The Kier molecular flexibility index (Phi) is 8.90. The van der Waals surface area contributed by atoms with E-state index in [2.05, 4.69) is 40.5 Å². The Hall–Kier alpha value is -1.88. The molecule has 0 aliphatic rings. The molecule has 2 aromatic carbocycles. The minimum atomic E-state index is -1.65. The number of nitrogens with one attached hydrogen (secondary N) is 1. The summed E-state index contributed by atoms with van der Waals surface area (Å²) in [5, 5.41) is 12.1. The van der Waals surface area contributed by atoms with Crippen molar-refractivity contribution in [3.63, 3.8) is 0 Å². The molecule has 0 radical (unpaired) electrons. The summed E-state index contributed by atoms with van der Waals surface area (Å²) in [4.78, 5) is 26.1. The molecule has 2 rings (SSSR count). The van der Waals surface area contributed by atoms with Gasteiger partial charge in [-0.25, -0.2) is 13.6 Å². The van der Waals surface area contributed by atoms with Crippen LogP contribution in [0.5, 0.6) is 0 Å². The summed E-state index contributed by atoms with van der Waals surface area (Å²) >= 11 is 6.30. The van der Waals surface area contributed by atoms with E-state index in [1.54, 1.807) is 19.1 Å². The summed E-state index contributed by atoms with van der Waals surface area (Å²) in [5.41, 5.74) is -0.252. The molecule has 1 amide bonds. The van der Waals surface area contributed by atoms with Gasteiger partial charge in [-0.3, -0.25) is 4.79 Å². The number of nitrogens with zero attached hydrogens (tertiary/aromatic N) is 1. The third kappa shape index (κ3) is 5.63. The van der Waals surface area contributed by atoms with Crippen LogP contribution in [0.1, 0.15) is 46.0 Å². The molecule has 2 aromatic rings. The minimum Gasteiger partial charge on any atom is -0.478 e. The maximum absolute atomic E-state index is 15.0. The van der Waals surface area contributed by atoms with E-state index in [-0.39, 0.29) is 11.3 Å². The standard InChI is InChI=1S/C21H23F2IN2O3S/c1-3-4-7-26(8-9-30)20(27)15-11-14(21(28)29)17(22)18(23)19(15)25-16-6-5-13(24)10-12(16)2/h5-6,10-11,25,30H,3-4,7-9H2,1-2H3,(H,28,29). The van der Waals surface area contributed by atoms with Crippen molar-refractivity contribution in [2.45, 2.75) is 26.7 Å². The van der Waals surface area contributed by atoms with Crippen molar-refractivity contribution in [1.29, 1.82) is 0 Å². The lowest BCUT2D eigenvalue weighted by atomic mass is 10.0. The lowest BCUT2D eigenvalue weighted by molar-refractivity contribution is 0.0690. The lowest BCUT2D eigenvalue weighted by Gasteiger charge is -2.24. The van der Waals surface area contributed by atoms with Crippen LogP contribution in [-0.4, -0.2) is 40.7 Å². The van der Waals surface area contributed by atoms with Gasteiger partial charge < -0.3 is 15.3 Å². The first kappa shape index (κ1) is 24.4. The van der Waals surface area contributed by atoms with Gasteiger partial charge in [-0.05, 0) is 65.8 Å². The third-order valence-electron chi connectivity index (χ3n) is 4.55. The van der Waals surface area contributed by atoms with Crippen LogP contribution in [-0.2, 0) is 0 Å². The number of amides is 1. The molecule has 0 spiro atoms. The number of aryl methyl sites for hydroxylation is 1. The van der Waals surface area contributed by atoms with Crippen molar-refractivity contribution >= 4 is 58.5 Å². The Labute approximate surface area is 193 Å². The number of thiol groups is 1. The van der Waals surface area contributed by atoms with E-state index in [1.165, 1.54) is 4.90 Å². The molecular weight excluding hydrogens is 525 g/mol. The second kappa shape index (κ2) is 10.9. The van der Waals surface area contributed by atoms with Gasteiger partial charge in [-0.15, -0.1) is 0 Å². The van der Waals surface area contributed by atoms with Crippen LogP contribution in [0, 0.1) is 22.1 Å². The summed E-state index contributed by atoms with van der Waals surface area (Å²) in [6, 6.07) is 6.21. The van der Waals surface area contributed by atoms with Crippen molar-refractivity contribution in [2.75, 3.05) is 24.2 Å². The Balaban J connectivity index is 2.63. The molecule has 5 nitrogen and oxygen atoms in total. The fourth-order valence-electron chi connectivity index (χ4n) is 2.93. The molecule has 0 fully saturated rings. The predicted octanol–water partition coefficient (Wildman–Crippen LogP) is 5.49. The highest BCUT2D eigenvalue weighted by Gasteiger charge is 2.28. The van der Waals surface area contributed by atoms with E-state index < -0.39 is 29.1 Å². The van der Waals surface area contributed by atoms with Gasteiger partial charge in [0.25, 0.3) is 5.91 Å². The first-order chi connectivity index (χ1) is 14.2. The van der Waals surface area contributed by atoms with Gasteiger partial charge in [0.15, 0.2) is 11.6 Å². The molecule has 0 atom stereocenters. The van der Waals surface area contributed by atoms with Crippen molar-refractivity contribution in [2.24, 2.45) is 0 Å². The van der Waals surface area contributed by atoms with Gasteiger partial charge in [0, 0.05) is 28.1 Å². The molecule has 2 N–H and O–H groups in total. The number of hydrogen-bond acceptors (Lipinski definition) is 4. The van der Waals surface area contributed by atoms with Gasteiger partial charge in [0.05, 0.1) is 16.8 Å². The number of halogens is 3. The van der Waals surface area contributed by atoms with Crippen molar-refractivity contribution in [3.8, 4) is 0 Å². The molecule has 9 heteroatoms. The van der Waals surface area contributed by atoms with Gasteiger partial charge in [-0.1, -0.05) is 13.3 Å². The molecule has 30 heavy (non-hydrogen) atoms. The quantitative estimate of drug-likeness (QED) is 0.287. The number of anilines is 2. The van der Waals surface area contributed by atoms with E-state index >= 15 is 0 Å². The van der Waals surface area contributed by atoms with Crippen LogP contribution in [0.3, 0.4) is 0 Å². The molecule has 0 bridgehead atoms. The zero-order valence-electron chi connectivity index (χ0n) is 16.6. The monoisotopic (exact) mass is 548 g/mol. The zero-order valence-corrected chi connectivity index (χ0v) is 19.7. The second-order valence-electron chi connectivity index (χ2n) is 6.73. The molecule has 162 valence electrons. The highest BCUT2D eigenvalue weighted by atomic mass is 127. The number of rotatable bonds is 9. The van der Waals surface area contributed by atoms with E-state index in [1.807, 2.05) is 13.0 Å². The van der Waals surface area contributed by atoms with Crippen molar-refractivity contribution in [1.82, 2.24) is 4.90 Å². The largest absolute Gasteiger partial charge is 0.478 e. The predicted molar refractivity (Wildman–Crippen MR) is 125 cm³/mol. The van der Waals surface area contributed by atoms with Crippen LogP contribution >= 0.6 is 35.2 Å². The Morgan fingerprint density at radius 2 is 1.87 bits per heavy atom. The van der Waals surface area contributed by atoms with E-state index in [0.717, 1.165) is 21.6 Å². The minimum absolute atomic E-state index is 0.234. The average molecular weight is 548 g/mol. The number of carboxylic acid groups (broad SMARTS) is 1. The third-order valence-corrected chi connectivity index (χ3v) is 5.43. The first-order valence-electron chi connectivity index (χ1n) is 9.39. The summed E-state index contributed by atoms with van der Waals surface area (Å²) in [7, 11) is 0. The SMILES string of the molecule is CCCCN(CCS)C(=O)c1cc(C(=O)O)c(F)c(F)c1Nc1ccc(I)cc1C. The number of hydrogen-bond donors (Lipinski definition) is 3. The molecule has 0 aliphatic carbocycles. The topological polar surface area (TPSA) is 69.6 Å². The van der Waals surface area contributed by atoms with Crippen LogP contribution in [0.25, 0.3) is 0 Å². The highest BCUT2D eigenvalue weighted by Crippen LogP contribution is 2.31. The van der Waals surface area contributed by atoms with Crippen molar-refractivity contribution < 1.29 is 23.5 Å². The Bertz CT molecular complexity index is 956. The number of aromatic carboxylic acids is 1. The van der Waals surface area contributed by atoms with Crippen molar-refractivity contribution in [3.05, 3.63) is 56.2 Å². The Morgan fingerprint density at radius 1 is 1.17 bits per heavy atom. The summed E-state index contributed by atoms with van der Waals surface area (Å²) in [6.07, 6.45) is 1.55. The second-order valence-corrected chi connectivity index (χ2v) is 8.43. The van der Waals surface area contributed by atoms with Crippen LogP contribution in [0.2, 0.25) is 0 Å². The van der Waals surface area contributed by atoms with Crippen LogP contribution in [0.4, 0.5) is 20.2 Å². The Morgan fingerprint density at radius 3 is 2.43 bits per heavy atom.